The van der Waals surface area contributed by atoms with Gasteiger partial charge in [-0.25, -0.2) is 0 Å². The summed E-state index contributed by atoms with van der Waals surface area (Å²) in [5.41, 5.74) is 3.19. The minimum atomic E-state index is -0.546. The Morgan fingerprint density at radius 1 is 1.23 bits per heavy atom. The van der Waals surface area contributed by atoms with E-state index >= 15 is 0 Å². The number of ether oxygens (including phenoxy) is 1. The molecule has 0 aliphatic carbocycles. The molecule has 5 atom stereocenters. The summed E-state index contributed by atoms with van der Waals surface area (Å²) in [5, 5.41) is 12.8. The summed E-state index contributed by atoms with van der Waals surface area (Å²) in [6.07, 6.45) is 5.65. The number of aliphatic hydroxyl groups is 1. The molecule has 0 saturated carbocycles. The van der Waals surface area contributed by atoms with Crippen LogP contribution in [0.3, 0.4) is 0 Å². The van der Waals surface area contributed by atoms with E-state index in [9.17, 15) is 5.11 Å². The number of aromatic nitrogens is 1. The number of methoxy groups -OCH3 is 1. The Bertz CT molecular complexity index is 1080. The fourth-order valence-corrected chi connectivity index (χ4v) is 6.07. The Balaban J connectivity index is 1.56. The van der Waals surface area contributed by atoms with E-state index in [1.54, 1.807) is 7.11 Å². The monoisotopic (exact) mass is 415 g/mol. The van der Waals surface area contributed by atoms with Crippen molar-refractivity contribution in [1.82, 2.24) is 4.98 Å². The van der Waals surface area contributed by atoms with Crippen LogP contribution in [0.25, 0.3) is 10.9 Å². The molecule has 2 aromatic carbocycles. The van der Waals surface area contributed by atoms with Crippen molar-refractivity contribution in [2.24, 2.45) is 11.8 Å². The second kappa shape index (κ2) is 8.10. The number of pyridine rings is 1. The van der Waals surface area contributed by atoms with Gasteiger partial charge in [-0.15, -0.1) is 6.58 Å². The highest BCUT2D eigenvalue weighted by molar-refractivity contribution is 5.83. The molecule has 2 bridgehead atoms. The molecule has 31 heavy (non-hydrogen) atoms. The highest BCUT2D eigenvalue weighted by atomic mass is 16.5. The topological polar surface area (TPSA) is 42.4 Å². The molecule has 0 amide bonds. The maximum Gasteiger partial charge on any atom is 0.131 e. The third-order valence-electron chi connectivity index (χ3n) is 7.68. The van der Waals surface area contributed by atoms with Crippen molar-refractivity contribution in [2.45, 2.75) is 31.5 Å². The van der Waals surface area contributed by atoms with Crippen LogP contribution in [-0.2, 0) is 6.54 Å². The summed E-state index contributed by atoms with van der Waals surface area (Å²) >= 11 is 0. The molecule has 3 saturated heterocycles. The number of benzene rings is 2. The molecular weight excluding hydrogens is 384 g/mol. The van der Waals surface area contributed by atoms with Gasteiger partial charge in [-0.2, -0.15) is 0 Å². The molecule has 160 valence electrons. The van der Waals surface area contributed by atoms with Crippen LogP contribution in [0.4, 0.5) is 0 Å². The van der Waals surface area contributed by atoms with Gasteiger partial charge >= 0.3 is 0 Å². The quantitative estimate of drug-likeness (QED) is 0.460. The van der Waals surface area contributed by atoms with Gasteiger partial charge in [0.25, 0.3) is 0 Å². The first-order chi connectivity index (χ1) is 15.1. The maximum absolute atomic E-state index is 11.8. The molecule has 3 fully saturated rings. The lowest BCUT2D eigenvalue weighted by Gasteiger charge is -2.58. The fourth-order valence-electron chi connectivity index (χ4n) is 6.07. The van der Waals surface area contributed by atoms with E-state index in [-0.39, 0.29) is 6.04 Å². The Kier molecular flexibility index (Phi) is 5.28. The molecule has 3 aliphatic heterocycles. The summed E-state index contributed by atoms with van der Waals surface area (Å²) in [6, 6.07) is 18.8. The van der Waals surface area contributed by atoms with E-state index in [1.165, 1.54) is 12.0 Å². The Hall–Kier alpha value is -2.69. The van der Waals surface area contributed by atoms with Crippen molar-refractivity contribution in [3.8, 4) is 5.75 Å². The Morgan fingerprint density at radius 2 is 2.06 bits per heavy atom. The van der Waals surface area contributed by atoms with Gasteiger partial charge in [-0.05, 0) is 35.7 Å². The average molecular weight is 416 g/mol. The number of piperidine rings is 3. The maximum atomic E-state index is 11.8. The number of nitrogens with zero attached hydrogens (tertiary/aromatic N) is 2. The summed E-state index contributed by atoms with van der Waals surface area (Å²) in [5.74, 6) is 1.92. The third kappa shape index (κ3) is 3.54. The predicted molar refractivity (Wildman–Crippen MR) is 124 cm³/mol. The van der Waals surface area contributed by atoms with E-state index in [1.807, 2.05) is 30.5 Å². The number of rotatable bonds is 6. The minimum Gasteiger partial charge on any atom is -0.497 e. The first-order valence-electron chi connectivity index (χ1n) is 11.3. The molecule has 6 rings (SSSR count). The van der Waals surface area contributed by atoms with Gasteiger partial charge in [-0.1, -0.05) is 36.4 Å². The van der Waals surface area contributed by atoms with Crippen LogP contribution in [-0.4, -0.2) is 40.8 Å². The predicted octanol–water partition coefficient (Wildman–Crippen LogP) is 4.89. The van der Waals surface area contributed by atoms with Crippen molar-refractivity contribution >= 4 is 10.9 Å². The zero-order chi connectivity index (χ0) is 21.4. The van der Waals surface area contributed by atoms with E-state index in [2.05, 4.69) is 48.0 Å². The molecule has 0 unspecified atom stereocenters. The van der Waals surface area contributed by atoms with Gasteiger partial charge in [-0.3, -0.25) is 4.98 Å². The van der Waals surface area contributed by atoms with Crippen molar-refractivity contribution in [2.75, 3.05) is 20.2 Å². The van der Waals surface area contributed by atoms with Crippen molar-refractivity contribution in [3.63, 3.8) is 0 Å². The van der Waals surface area contributed by atoms with Crippen LogP contribution in [0.1, 0.15) is 30.1 Å². The molecule has 0 spiro atoms. The molecule has 4 heteroatoms. The minimum absolute atomic E-state index is 0.159. The van der Waals surface area contributed by atoms with Crippen molar-refractivity contribution in [3.05, 3.63) is 84.6 Å². The molecule has 4 nitrogen and oxygen atoms in total. The van der Waals surface area contributed by atoms with Crippen LogP contribution >= 0.6 is 0 Å². The molecular formula is C27H31N2O2+. The second-order valence-electron chi connectivity index (χ2n) is 9.25. The zero-order valence-electron chi connectivity index (χ0n) is 18.2. The first kappa shape index (κ1) is 20.2. The Labute approximate surface area is 184 Å². The third-order valence-corrected chi connectivity index (χ3v) is 7.68. The highest BCUT2D eigenvalue weighted by Gasteiger charge is 2.53. The lowest BCUT2D eigenvalue weighted by atomic mass is 9.71. The van der Waals surface area contributed by atoms with E-state index in [4.69, 9.17) is 4.74 Å². The summed E-state index contributed by atoms with van der Waals surface area (Å²) in [6.45, 7) is 7.25. The molecule has 3 aromatic rings. The largest absolute Gasteiger partial charge is 0.497 e. The number of fused-ring (bicyclic) bond motifs is 4. The SMILES string of the molecule is C=C[C@H]1C[N@@+]2(Cc3ccccc3)CC[C@H]1C[C@@H]2[C@@H](O)c1ccnc2ccc(OC)cc12. The van der Waals surface area contributed by atoms with Crippen LogP contribution in [0.5, 0.6) is 5.75 Å². The lowest BCUT2D eigenvalue weighted by Crippen LogP contribution is -2.67. The van der Waals surface area contributed by atoms with E-state index < -0.39 is 6.10 Å². The zero-order valence-corrected chi connectivity index (χ0v) is 18.2. The van der Waals surface area contributed by atoms with Gasteiger partial charge < -0.3 is 14.3 Å². The first-order valence-corrected chi connectivity index (χ1v) is 11.3. The van der Waals surface area contributed by atoms with Crippen LogP contribution in [0, 0.1) is 11.8 Å². The number of aliphatic hydroxyl groups excluding tert-OH is 1. The highest BCUT2D eigenvalue weighted by Crippen LogP contribution is 2.48. The van der Waals surface area contributed by atoms with Gasteiger partial charge in [0.1, 0.15) is 24.4 Å². The summed E-state index contributed by atoms with van der Waals surface area (Å²) in [7, 11) is 1.68. The normalized spacial score (nSPS) is 28.4. The Morgan fingerprint density at radius 3 is 2.84 bits per heavy atom. The number of hydrogen-bond acceptors (Lipinski definition) is 3. The number of hydrogen-bond donors (Lipinski definition) is 1. The van der Waals surface area contributed by atoms with Gasteiger partial charge in [0.15, 0.2) is 0 Å². The standard InChI is InChI=1S/C27H31N2O2/c1-3-20-18-29(17-19-7-5-4-6-8-19)14-12-21(20)15-26(29)27(30)23-11-13-28-25-10-9-22(31-2)16-24(23)25/h3-11,13,16,20-21,26-27,30H,1,12,14-15,17-18H2,2H3/q+1/t20-,21-,26+,27-,29-/m0/s1. The van der Waals surface area contributed by atoms with Crippen molar-refractivity contribution < 1.29 is 14.3 Å². The van der Waals surface area contributed by atoms with Crippen molar-refractivity contribution in [1.29, 1.82) is 0 Å². The van der Waals surface area contributed by atoms with Gasteiger partial charge in [0, 0.05) is 35.9 Å². The molecule has 4 heterocycles. The van der Waals surface area contributed by atoms with E-state index in [0.29, 0.717) is 11.8 Å². The second-order valence-corrected chi connectivity index (χ2v) is 9.25. The lowest BCUT2D eigenvalue weighted by molar-refractivity contribution is -0.984. The van der Waals surface area contributed by atoms with Crippen LogP contribution < -0.4 is 4.74 Å². The smallest absolute Gasteiger partial charge is 0.131 e. The van der Waals surface area contributed by atoms with E-state index in [0.717, 1.165) is 52.8 Å². The molecule has 3 aliphatic rings. The molecule has 1 aromatic heterocycles. The molecule has 1 N–H and O–H groups in total. The fraction of sp³-hybridized carbons (Fsp3) is 0.370. The number of quaternary nitrogens is 1. The average Bonchev–Trinajstić information content (AvgIpc) is 2.83. The van der Waals surface area contributed by atoms with Crippen LogP contribution in [0.15, 0.2) is 73.4 Å². The summed E-state index contributed by atoms with van der Waals surface area (Å²) < 4.78 is 6.38. The summed E-state index contributed by atoms with van der Waals surface area (Å²) in [4.78, 5) is 4.52. The van der Waals surface area contributed by atoms with Gasteiger partial charge in [0.05, 0.1) is 25.7 Å². The van der Waals surface area contributed by atoms with Crippen LogP contribution in [0.2, 0.25) is 0 Å². The molecule has 0 radical (unpaired) electrons. The van der Waals surface area contributed by atoms with Gasteiger partial charge in [0.2, 0.25) is 0 Å².